The maximum Gasteiger partial charge on any atom is 0.0496 e. The molecule has 0 unspecified atom stereocenters. The SMILES string of the molecule is C=C1/C=C\C=C/Cc2ccccc2N1c1cccc(-c2cccc(-c3cncc4c3sc3ccccc34)c2)c1. The summed E-state index contributed by atoms with van der Waals surface area (Å²) in [5, 5.41) is 2.48. The van der Waals surface area contributed by atoms with Crippen molar-refractivity contribution in [3.63, 3.8) is 0 Å². The average Bonchev–Trinajstić information content (AvgIpc) is 3.40. The number of hydrogen-bond donors (Lipinski definition) is 0. The van der Waals surface area contributed by atoms with Gasteiger partial charge in [-0.15, -0.1) is 11.3 Å². The molecule has 1 aliphatic heterocycles. The fraction of sp³-hybridized carbons (Fsp3) is 0.0278. The van der Waals surface area contributed by atoms with Crippen molar-refractivity contribution in [1.29, 1.82) is 0 Å². The average molecular weight is 519 g/mol. The van der Waals surface area contributed by atoms with E-state index in [4.69, 9.17) is 0 Å². The number of benzene rings is 4. The maximum absolute atomic E-state index is 4.62. The van der Waals surface area contributed by atoms with Crippen LogP contribution >= 0.6 is 11.3 Å². The summed E-state index contributed by atoms with van der Waals surface area (Å²) in [5.41, 5.74) is 9.14. The minimum Gasteiger partial charge on any atom is -0.311 e. The number of para-hydroxylation sites is 1. The number of aromatic nitrogens is 1. The van der Waals surface area contributed by atoms with Crippen molar-refractivity contribution in [2.45, 2.75) is 6.42 Å². The normalized spacial score (nSPS) is 15.0. The van der Waals surface area contributed by atoms with Crippen LogP contribution in [-0.2, 0) is 6.42 Å². The summed E-state index contributed by atoms with van der Waals surface area (Å²) in [5.74, 6) is 0. The molecule has 3 heteroatoms. The summed E-state index contributed by atoms with van der Waals surface area (Å²) < 4.78 is 2.57. The minimum atomic E-state index is 0.878. The van der Waals surface area contributed by atoms with Gasteiger partial charge in [-0.2, -0.15) is 0 Å². The first-order chi connectivity index (χ1) is 19.3. The van der Waals surface area contributed by atoms with E-state index in [-0.39, 0.29) is 0 Å². The van der Waals surface area contributed by atoms with Gasteiger partial charge in [0.15, 0.2) is 0 Å². The maximum atomic E-state index is 4.62. The Labute approximate surface area is 232 Å². The van der Waals surface area contributed by atoms with Crippen molar-refractivity contribution in [2.75, 3.05) is 4.90 Å². The molecular formula is C36H26N2S. The van der Waals surface area contributed by atoms with Crippen LogP contribution < -0.4 is 4.90 Å². The monoisotopic (exact) mass is 518 g/mol. The molecule has 0 atom stereocenters. The minimum absolute atomic E-state index is 0.878. The molecular weight excluding hydrogens is 492 g/mol. The van der Waals surface area contributed by atoms with E-state index in [2.05, 4.69) is 138 Å². The fourth-order valence-electron chi connectivity index (χ4n) is 5.41. The molecule has 0 N–H and O–H groups in total. The molecule has 4 aromatic carbocycles. The zero-order chi connectivity index (χ0) is 26.2. The van der Waals surface area contributed by atoms with Gasteiger partial charge >= 0.3 is 0 Å². The largest absolute Gasteiger partial charge is 0.311 e. The Balaban J connectivity index is 1.32. The van der Waals surface area contributed by atoms with Gasteiger partial charge in [-0.05, 0) is 65.1 Å². The second-order valence-electron chi connectivity index (χ2n) is 9.74. The molecule has 3 heterocycles. The van der Waals surface area contributed by atoms with Crippen molar-refractivity contribution in [1.82, 2.24) is 4.98 Å². The molecule has 0 amide bonds. The highest BCUT2D eigenvalue weighted by atomic mass is 32.1. The molecule has 6 aromatic rings. The zero-order valence-electron chi connectivity index (χ0n) is 21.4. The number of allylic oxidation sites excluding steroid dienone is 4. The first-order valence-corrected chi connectivity index (χ1v) is 13.9. The van der Waals surface area contributed by atoms with Gasteiger partial charge in [0.05, 0.1) is 0 Å². The van der Waals surface area contributed by atoms with E-state index in [9.17, 15) is 0 Å². The molecule has 39 heavy (non-hydrogen) atoms. The Morgan fingerprint density at radius 1 is 0.718 bits per heavy atom. The van der Waals surface area contributed by atoms with E-state index in [1.165, 1.54) is 42.4 Å². The van der Waals surface area contributed by atoms with Crippen LogP contribution in [0, 0.1) is 0 Å². The Kier molecular flexibility index (Phi) is 5.92. The first-order valence-electron chi connectivity index (χ1n) is 13.1. The molecule has 2 nitrogen and oxygen atoms in total. The van der Waals surface area contributed by atoms with Gasteiger partial charge in [0.25, 0.3) is 0 Å². The Bertz CT molecular complexity index is 1920. The molecule has 186 valence electrons. The van der Waals surface area contributed by atoms with Crippen molar-refractivity contribution in [3.8, 4) is 22.3 Å². The lowest BCUT2D eigenvalue weighted by molar-refractivity contribution is 1.17. The molecule has 0 aliphatic carbocycles. The van der Waals surface area contributed by atoms with Crippen LogP contribution in [0.3, 0.4) is 0 Å². The molecule has 2 aromatic heterocycles. The second-order valence-corrected chi connectivity index (χ2v) is 10.8. The van der Waals surface area contributed by atoms with Gasteiger partial charge < -0.3 is 4.90 Å². The molecule has 1 aliphatic rings. The Morgan fingerprint density at radius 3 is 2.46 bits per heavy atom. The summed E-state index contributed by atoms with van der Waals surface area (Å²) in [4.78, 5) is 6.88. The summed E-state index contributed by atoms with van der Waals surface area (Å²) in [6, 6.07) is 34.7. The van der Waals surface area contributed by atoms with Crippen LogP contribution in [-0.4, -0.2) is 4.98 Å². The van der Waals surface area contributed by atoms with Gasteiger partial charge in [0.1, 0.15) is 0 Å². The number of nitrogens with zero attached hydrogens (tertiary/aromatic N) is 2. The van der Waals surface area contributed by atoms with Crippen molar-refractivity contribution < 1.29 is 0 Å². The van der Waals surface area contributed by atoms with Gasteiger partial charge in [0.2, 0.25) is 0 Å². The molecule has 7 rings (SSSR count). The first kappa shape index (κ1) is 23.4. The van der Waals surface area contributed by atoms with Crippen LogP contribution in [0.2, 0.25) is 0 Å². The standard InChI is InChI=1S/C36H26N2S/c1-25-11-3-2-4-12-26-13-5-7-19-34(26)38(25)30-17-10-15-28(22-30)27-14-9-16-29(21-27)32-23-37-24-33-31-18-6-8-20-35(31)39-36(32)33/h2-11,13-24H,1,12H2/b4-2-,11-3-. The molecule has 0 radical (unpaired) electrons. The quantitative estimate of drug-likeness (QED) is 0.232. The zero-order valence-corrected chi connectivity index (χ0v) is 22.2. The summed E-state index contributed by atoms with van der Waals surface area (Å²) in [7, 11) is 0. The molecule has 0 saturated carbocycles. The predicted molar refractivity (Wildman–Crippen MR) is 168 cm³/mol. The van der Waals surface area contributed by atoms with Gasteiger partial charge in [0, 0.05) is 55.2 Å². The van der Waals surface area contributed by atoms with Crippen molar-refractivity contribution in [3.05, 3.63) is 152 Å². The number of thiophene rings is 1. The van der Waals surface area contributed by atoms with E-state index in [0.717, 1.165) is 29.1 Å². The highest BCUT2D eigenvalue weighted by Crippen LogP contribution is 2.40. The third-order valence-electron chi connectivity index (χ3n) is 7.29. The topological polar surface area (TPSA) is 16.1 Å². The van der Waals surface area contributed by atoms with Gasteiger partial charge in [-0.1, -0.05) is 91.5 Å². The number of fused-ring (bicyclic) bond motifs is 4. The van der Waals surface area contributed by atoms with E-state index >= 15 is 0 Å². The predicted octanol–water partition coefficient (Wildman–Crippen LogP) is 10.1. The lowest BCUT2D eigenvalue weighted by atomic mass is 9.98. The van der Waals surface area contributed by atoms with E-state index < -0.39 is 0 Å². The number of anilines is 2. The highest BCUT2D eigenvalue weighted by Gasteiger charge is 2.17. The number of pyridine rings is 1. The van der Waals surface area contributed by atoms with E-state index in [0.29, 0.717) is 0 Å². The lowest BCUT2D eigenvalue weighted by Gasteiger charge is -2.28. The smallest absolute Gasteiger partial charge is 0.0496 e. The fourth-order valence-corrected chi connectivity index (χ4v) is 6.62. The lowest BCUT2D eigenvalue weighted by Crippen LogP contribution is -2.16. The molecule has 0 fully saturated rings. The van der Waals surface area contributed by atoms with E-state index in [1.54, 1.807) is 0 Å². The second kappa shape index (κ2) is 9.86. The van der Waals surface area contributed by atoms with Crippen LogP contribution in [0.5, 0.6) is 0 Å². The Hall–Kier alpha value is -4.73. The van der Waals surface area contributed by atoms with Crippen LogP contribution in [0.1, 0.15) is 5.56 Å². The summed E-state index contributed by atoms with van der Waals surface area (Å²) >= 11 is 1.84. The van der Waals surface area contributed by atoms with Crippen molar-refractivity contribution >= 4 is 42.9 Å². The third kappa shape index (κ3) is 4.27. The number of hydrogen-bond acceptors (Lipinski definition) is 3. The summed E-state index contributed by atoms with van der Waals surface area (Å²) in [6.07, 6.45) is 13.3. The van der Waals surface area contributed by atoms with Gasteiger partial charge in [-0.25, -0.2) is 0 Å². The van der Waals surface area contributed by atoms with Crippen LogP contribution in [0.25, 0.3) is 42.4 Å². The Morgan fingerprint density at radius 2 is 1.51 bits per heavy atom. The molecule has 0 spiro atoms. The van der Waals surface area contributed by atoms with E-state index in [1.807, 2.05) is 23.7 Å². The molecule has 0 saturated heterocycles. The van der Waals surface area contributed by atoms with Crippen molar-refractivity contribution in [2.24, 2.45) is 0 Å². The van der Waals surface area contributed by atoms with Gasteiger partial charge in [-0.3, -0.25) is 4.98 Å². The van der Waals surface area contributed by atoms with Crippen LogP contribution in [0.15, 0.2) is 146 Å². The summed E-state index contributed by atoms with van der Waals surface area (Å²) in [6.45, 7) is 4.42. The van der Waals surface area contributed by atoms with Crippen LogP contribution in [0.4, 0.5) is 11.4 Å². The number of rotatable bonds is 3. The molecule has 0 bridgehead atoms. The third-order valence-corrected chi connectivity index (χ3v) is 8.51. The highest BCUT2D eigenvalue weighted by molar-refractivity contribution is 7.26.